The number of carbonyl (C=O) groups is 4. The summed E-state index contributed by atoms with van der Waals surface area (Å²) in [5.74, 6) is -1.87. The van der Waals surface area contributed by atoms with E-state index in [2.05, 4.69) is 25.6 Å². The molecule has 2 fully saturated rings. The molecule has 54 heavy (non-hydrogen) atoms. The van der Waals surface area contributed by atoms with Crippen molar-refractivity contribution in [2.45, 2.75) is 32.5 Å². The smallest absolute Gasteiger partial charge is 0.490 e. The molecule has 0 aliphatic carbocycles. The first kappa shape index (κ1) is 40.8. The Hall–Kier alpha value is -5.95. The van der Waals surface area contributed by atoms with Crippen molar-refractivity contribution in [3.05, 3.63) is 81.9 Å². The first-order chi connectivity index (χ1) is 25.4. The van der Waals surface area contributed by atoms with Crippen LogP contribution in [-0.4, -0.2) is 75.3 Å². The van der Waals surface area contributed by atoms with Gasteiger partial charge in [0.2, 0.25) is 0 Å². The van der Waals surface area contributed by atoms with Gasteiger partial charge in [-0.25, -0.2) is 9.59 Å². The summed E-state index contributed by atoms with van der Waals surface area (Å²) in [5.41, 5.74) is 2.67. The molecule has 4 aromatic rings. The van der Waals surface area contributed by atoms with Crippen LogP contribution >= 0.6 is 23.5 Å². The number of fused-ring (bicyclic) bond motifs is 2. The van der Waals surface area contributed by atoms with E-state index in [1.54, 1.807) is 71.7 Å². The molecule has 4 heterocycles. The molecule has 0 saturated carbocycles. The number of carbonyl (C=O) groups excluding carboxylic acids is 3. The zero-order valence-corrected chi connectivity index (χ0v) is 30.7. The number of nitrogens with zero attached hydrogens (tertiary/aromatic N) is 3. The number of alkyl halides is 3. The van der Waals surface area contributed by atoms with E-state index in [0.29, 0.717) is 15.6 Å². The van der Waals surface area contributed by atoms with Gasteiger partial charge >= 0.3 is 18.2 Å². The molecule has 6 rings (SSSR count). The fourth-order valence-corrected chi connectivity index (χ4v) is 5.92. The van der Waals surface area contributed by atoms with Gasteiger partial charge in [-0.05, 0) is 104 Å². The lowest BCUT2D eigenvalue weighted by molar-refractivity contribution is -0.192. The molecule has 2 aromatic carbocycles. The van der Waals surface area contributed by atoms with E-state index in [-0.39, 0.29) is 22.1 Å². The van der Waals surface area contributed by atoms with Gasteiger partial charge in [-0.2, -0.15) is 18.2 Å². The summed E-state index contributed by atoms with van der Waals surface area (Å²) >= 11 is 2.21. The molecule has 2 aliphatic heterocycles. The van der Waals surface area contributed by atoms with E-state index in [1.165, 1.54) is 0 Å². The van der Waals surface area contributed by atoms with Gasteiger partial charge in [0.25, 0.3) is 11.8 Å². The second-order valence-electron chi connectivity index (χ2n) is 11.7. The number of aliphatic imine (C=N–C) groups is 1. The van der Waals surface area contributed by atoms with Crippen molar-refractivity contribution in [1.29, 1.82) is 5.41 Å². The third-order valence-corrected chi connectivity index (χ3v) is 8.37. The van der Waals surface area contributed by atoms with E-state index in [4.69, 9.17) is 29.5 Å². The topological polar surface area (TPSA) is 202 Å². The fourth-order valence-electron chi connectivity index (χ4n) is 4.41. The number of pyridine rings is 2. The zero-order valence-electron chi connectivity index (χ0n) is 29.0. The Morgan fingerprint density at radius 1 is 0.815 bits per heavy atom. The first-order valence-corrected chi connectivity index (χ1v) is 17.0. The SMILES string of the molecule is COc1ccnc2ccc(/C=C3\SC(=N)NC3=O)cc12.COc1ccnc2ccc(/C=C3\SC(=NC(=O)OC(C)(C)C)NC3=O)cc12.O=C(O)C(F)(F)F. The van der Waals surface area contributed by atoms with Crippen LogP contribution in [0.1, 0.15) is 31.9 Å². The lowest BCUT2D eigenvalue weighted by Crippen LogP contribution is -2.25. The number of thioether (sulfide) groups is 2. The highest BCUT2D eigenvalue weighted by molar-refractivity contribution is 8.19. The average molecular weight is 785 g/mol. The molecule has 2 aromatic heterocycles. The van der Waals surface area contributed by atoms with Crippen LogP contribution in [0.5, 0.6) is 11.5 Å². The summed E-state index contributed by atoms with van der Waals surface area (Å²) in [4.78, 5) is 57.8. The number of benzene rings is 2. The molecular weight excluding hydrogens is 754 g/mol. The maximum Gasteiger partial charge on any atom is 0.490 e. The number of carboxylic acid groups (broad SMARTS) is 1. The quantitative estimate of drug-likeness (QED) is 0.159. The predicted octanol–water partition coefficient (Wildman–Crippen LogP) is 6.75. The summed E-state index contributed by atoms with van der Waals surface area (Å²) in [6.45, 7) is 5.25. The van der Waals surface area contributed by atoms with Crippen molar-refractivity contribution < 1.29 is 51.7 Å². The molecule has 19 heteroatoms. The summed E-state index contributed by atoms with van der Waals surface area (Å²) in [6, 6.07) is 14.9. The third-order valence-electron chi connectivity index (χ3n) is 6.63. The Labute approximate surface area is 313 Å². The number of carboxylic acids is 1. The molecule has 0 atom stereocenters. The molecule has 0 bridgehead atoms. The van der Waals surface area contributed by atoms with Crippen molar-refractivity contribution in [1.82, 2.24) is 20.6 Å². The normalized spacial score (nSPS) is 16.4. The van der Waals surface area contributed by atoms with Gasteiger partial charge in [0.1, 0.15) is 17.1 Å². The number of aliphatic carboxylic acids is 1. The number of halogens is 3. The Morgan fingerprint density at radius 3 is 1.69 bits per heavy atom. The third kappa shape index (κ3) is 11.3. The molecule has 282 valence electrons. The Balaban J connectivity index is 0.000000211. The minimum absolute atomic E-state index is 0.154. The number of nitrogens with one attached hydrogen (secondary N) is 3. The minimum atomic E-state index is -5.08. The monoisotopic (exact) mass is 784 g/mol. The van der Waals surface area contributed by atoms with E-state index in [1.807, 2.05) is 36.4 Å². The number of methoxy groups -OCH3 is 2. The summed E-state index contributed by atoms with van der Waals surface area (Å²) in [5, 5.41) is 21.7. The second kappa shape index (κ2) is 17.3. The van der Waals surface area contributed by atoms with Gasteiger partial charge in [0, 0.05) is 23.2 Å². The molecule has 0 spiro atoms. The van der Waals surface area contributed by atoms with Crippen LogP contribution in [0.3, 0.4) is 0 Å². The molecule has 4 N–H and O–H groups in total. The highest BCUT2D eigenvalue weighted by atomic mass is 32.2. The van der Waals surface area contributed by atoms with Gasteiger partial charge < -0.3 is 30.0 Å². The molecule has 14 nitrogen and oxygen atoms in total. The van der Waals surface area contributed by atoms with Crippen LogP contribution in [0, 0.1) is 5.41 Å². The number of ether oxygens (including phenoxy) is 3. The maximum atomic E-state index is 12.2. The number of hydrogen-bond donors (Lipinski definition) is 4. The van der Waals surface area contributed by atoms with Gasteiger partial charge in [-0.3, -0.25) is 25.0 Å². The minimum Gasteiger partial charge on any atom is -0.496 e. The number of hydrogen-bond acceptors (Lipinski definition) is 12. The van der Waals surface area contributed by atoms with Crippen LogP contribution in [0.2, 0.25) is 0 Å². The van der Waals surface area contributed by atoms with Crippen molar-refractivity contribution in [3.8, 4) is 11.5 Å². The Morgan fingerprint density at radius 2 is 1.28 bits per heavy atom. The van der Waals surface area contributed by atoms with Crippen molar-refractivity contribution in [2.24, 2.45) is 4.99 Å². The van der Waals surface area contributed by atoms with Gasteiger partial charge in [-0.1, -0.05) is 12.1 Å². The molecule has 3 amide bonds. The van der Waals surface area contributed by atoms with E-state index in [9.17, 15) is 27.6 Å². The highest BCUT2D eigenvalue weighted by Gasteiger charge is 2.38. The van der Waals surface area contributed by atoms with E-state index < -0.39 is 23.8 Å². The molecule has 0 unspecified atom stereocenters. The van der Waals surface area contributed by atoms with E-state index in [0.717, 1.165) is 62.2 Å². The van der Waals surface area contributed by atoms with Crippen LogP contribution in [0.15, 0.2) is 75.7 Å². The number of rotatable bonds is 4. The largest absolute Gasteiger partial charge is 0.496 e. The van der Waals surface area contributed by atoms with Crippen molar-refractivity contribution >= 4 is 91.7 Å². The average Bonchev–Trinajstić information content (AvgIpc) is 3.60. The number of amidine groups is 2. The van der Waals surface area contributed by atoms with Gasteiger partial charge in [-0.15, -0.1) is 0 Å². The molecule has 2 aliphatic rings. The number of aromatic nitrogens is 2. The zero-order chi connectivity index (χ0) is 39.8. The maximum absolute atomic E-state index is 12.2. The van der Waals surface area contributed by atoms with Gasteiger partial charge in [0.05, 0.1) is 35.1 Å². The van der Waals surface area contributed by atoms with Crippen LogP contribution < -0.4 is 20.1 Å². The van der Waals surface area contributed by atoms with Crippen molar-refractivity contribution in [2.75, 3.05) is 14.2 Å². The fraction of sp³-hybridized carbons (Fsp3) is 0.200. The first-order valence-electron chi connectivity index (χ1n) is 15.3. The lowest BCUT2D eigenvalue weighted by atomic mass is 10.1. The molecule has 0 radical (unpaired) electrons. The van der Waals surface area contributed by atoms with Crippen LogP contribution in [0.25, 0.3) is 34.0 Å². The standard InChI is InChI=1S/C19H19N3O4S.C14H11N3O2S.C2HF3O2/c1-19(2,3)26-18(24)22-17-21-16(23)15(27-17)10-11-5-6-13-12(9-11)14(25-4)7-8-20-13;1-19-11-4-5-16-10-3-2-8(6-9(10)11)7-12-13(18)17-14(15)20-12;3-2(4,5)1(6)7/h5-10H,1-4H3,(H,21,22,23,24);2-7H,1H3,(H2,15,17,18);(H,6,7)/b15-10-;12-7-;. The van der Waals surface area contributed by atoms with E-state index >= 15 is 0 Å². The van der Waals surface area contributed by atoms with Crippen LogP contribution in [-0.2, 0) is 19.1 Å². The Kier molecular flexibility index (Phi) is 13.0. The lowest BCUT2D eigenvalue weighted by Gasteiger charge is -2.17. The molecular formula is C35H31F3N6O8S2. The second-order valence-corrected chi connectivity index (χ2v) is 13.8. The highest BCUT2D eigenvalue weighted by Crippen LogP contribution is 2.31. The predicted molar refractivity (Wildman–Crippen MR) is 199 cm³/mol. The molecule has 2 saturated heterocycles. The summed E-state index contributed by atoms with van der Waals surface area (Å²) in [6.07, 6.45) is 1.03. The van der Waals surface area contributed by atoms with Crippen LogP contribution in [0.4, 0.5) is 18.0 Å². The number of amides is 3. The van der Waals surface area contributed by atoms with Gasteiger partial charge in [0.15, 0.2) is 10.3 Å². The summed E-state index contributed by atoms with van der Waals surface area (Å²) in [7, 11) is 3.21. The summed E-state index contributed by atoms with van der Waals surface area (Å²) < 4.78 is 47.5. The Bertz CT molecular complexity index is 2240. The van der Waals surface area contributed by atoms with Crippen molar-refractivity contribution in [3.63, 3.8) is 0 Å².